The van der Waals surface area contributed by atoms with Crippen molar-refractivity contribution in [2.24, 2.45) is 5.73 Å². The van der Waals surface area contributed by atoms with E-state index >= 15 is 0 Å². The van der Waals surface area contributed by atoms with Crippen LogP contribution in [0.5, 0.6) is 0 Å². The minimum absolute atomic E-state index is 0.0662. The largest absolute Gasteiger partial charge is 0.368 e. The van der Waals surface area contributed by atoms with Crippen LogP contribution in [0.3, 0.4) is 0 Å². The van der Waals surface area contributed by atoms with Gasteiger partial charge in [0.15, 0.2) is 0 Å². The molecule has 6 heterocycles. The van der Waals surface area contributed by atoms with E-state index in [0.29, 0.717) is 50.3 Å². The highest BCUT2D eigenvalue weighted by molar-refractivity contribution is 5.94. The second-order valence-electron chi connectivity index (χ2n) is 12.9. The Kier molecular flexibility index (Phi) is 9.02. The maximum atomic E-state index is 13.9. The third kappa shape index (κ3) is 6.88. The lowest BCUT2D eigenvalue weighted by molar-refractivity contribution is -0.140. The van der Waals surface area contributed by atoms with E-state index < -0.39 is 29.2 Å². The number of halogens is 1. The Morgan fingerprint density at radius 2 is 1.72 bits per heavy atom. The summed E-state index contributed by atoms with van der Waals surface area (Å²) in [6.45, 7) is 2.24. The Morgan fingerprint density at radius 3 is 2.41 bits per heavy atom. The summed E-state index contributed by atoms with van der Waals surface area (Å²) in [7, 11) is 0. The van der Waals surface area contributed by atoms with E-state index in [2.05, 4.69) is 25.8 Å². The monoisotopic (exact) mass is 637 g/mol. The Bertz CT molecular complexity index is 1480. The van der Waals surface area contributed by atoms with Crippen molar-refractivity contribution in [3.63, 3.8) is 0 Å². The van der Waals surface area contributed by atoms with Crippen molar-refractivity contribution in [2.75, 3.05) is 32.7 Å². The predicted molar refractivity (Wildman–Crippen MR) is 161 cm³/mol. The van der Waals surface area contributed by atoms with E-state index in [9.17, 15) is 28.4 Å². The molecule has 1 aromatic carbocycles. The molecule has 7 rings (SSSR count). The number of carbonyl (C=O) groups is 5. The van der Waals surface area contributed by atoms with Gasteiger partial charge < -0.3 is 26.2 Å². The Morgan fingerprint density at radius 1 is 1.00 bits per heavy atom. The van der Waals surface area contributed by atoms with Gasteiger partial charge in [-0.1, -0.05) is 5.21 Å². The summed E-state index contributed by atoms with van der Waals surface area (Å²) in [5, 5.41) is 14.2. The quantitative estimate of drug-likeness (QED) is 0.396. The molecule has 0 radical (unpaired) electrons. The summed E-state index contributed by atoms with van der Waals surface area (Å²) < 4.78 is 14.7. The fourth-order valence-corrected chi connectivity index (χ4v) is 7.38. The molecule has 2 bridgehead atoms. The molecule has 2 atom stereocenters. The molecule has 0 saturated carbocycles. The molecule has 0 unspecified atom stereocenters. The summed E-state index contributed by atoms with van der Waals surface area (Å²) in [5.74, 6) is -1.99. The van der Waals surface area contributed by atoms with Crippen LogP contribution in [-0.4, -0.2) is 116 Å². The van der Waals surface area contributed by atoms with Gasteiger partial charge in [0, 0.05) is 56.8 Å². The average Bonchev–Trinajstić information content (AvgIpc) is 3.70. The highest BCUT2D eigenvalue weighted by Crippen LogP contribution is 2.31. The van der Waals surface area contributed by atoms with Crippen LogP contribution in [0.25, 0.3) is 0 Å². The molecule has 15 heteroatoms. The first-order valence-electron chi connectivity index (χ1n) is 16.0. The minimum atomic E-state index is -0.934. The van der Waals surface area contributed by atoms with E-state index in [1.807, 2.05) is 0 Å². The number of piperidine rings is 2. The molecule has 1 spiro atoms. The number of hydrogen-bond acceptors (Lipinski definition) is 8. The number of likely N-dealkylation sites (tertiary alicyclic amines) is 1. The zero-order chi connectivity index (χ0) is 32.4. The summed E-state index contributed by atoms with van der Waals surface area (Å²) in [6.07, 6.45) is 5.24. The highest BCUT2D eigenvalue weighted by atomic mass is 19.1. The van der Waals surface area contributed by atoms with Crippen molar-refractivity contribution in [1.82, 2.24) is 40.3 Å². The SMILES string of the molecule is NC(=O)Cn1cc(C[C@H]2NC(=O)CC3(CCN(C(=O)c4ccc(F)cc4)CC3)NC(=O)[C@@H]3CCCN3C3CCN(CC3)C2=O)nn1. The maximum Gasteiger partial charge on any atom is 0.253 e. The molecule has 5 aliphatic rings. The van der Waals surface area contributed by atoms with Crippen molar-refractivity contribution in [3.05, 3.63) is 47.5 Å². The molecule has 14 nitrogen and oxygen atoms in total. The number of primary amides is 1. The van der Waals surface area contributed by atoms with Crippen LogP contribution in [0.1, 0.15) is 61.0 Å². The first-order chi connectivity index (χ1) is 22.1. The number of carbonyl (C=O) groups excluding carboxylic acids is 5. The normalized spacial score (nSPS) is 24.4. The van der Waals surface area contributed by atoms with Crippen molar-refractivity contribution >= 4 is 29.5 Å². The van der Waals surface area contributed by atoms with Gasteiger partial charge in [0.2, 0.25) is 23.6 Å². The van der Waals surface area contributed by atoms with Crippen LogP contribution >= 0.6 is 0 Å². The van der Waals surface area contributed by atoms with Gasteiger partial charge in [-0.3, -0.25) is 28.9 Å². The molecule has 0 aliphatic carbocycles. The molecular formula is C31H40FN9O5. The number of nitrogens with two attached hydrogens (primary N) is 1. The number of nitrogens with one attached hydrogen (secondary N) is 2. The van der Waals surface area contributed by atoms with Crippen molar-refractivity contribution in [1.29, 1.82) is 0 Å². The second-order valence-corrected chi connectivity index (χ2v) is 12.9. The summed E-state index contributed by atoms with van der Waals surface area (Å²) in [4.78, 5) is 71.7. The third-order valence-electron chi connectivity index (χ3n) is 9.78. The summed E-state index contributed by atoms with van der Waals surface area (Å²) >= 11 is 0. The zero-order valence-electron chi connectivity index (χ0n) is 25.7. The van der Waals surface area contributed by atoms with Crippen LogP contribution in [0.2, 0.25) is 0 Å². The van der Waals surface area contributed by atoms with Gasteiger partial charge in [0.1, 0.15) is 18.4 Å². The van der Waals surface area contributed by atoms with E-state index in [-0.39, 0.29) is 49.2 Å². The Balaban J connectivity index is 1.24. The van der Waals surface area contributed by atoms with Crippen LogP contribution in [0.4, 0.5) is 4.39 Å². The summed E-state index contributed by atoms with van der Waals surface area (Å²) in [5.41, 5.74) is 5.13. The summed E-state index contributed by atoms with van der Waals surface area (Å²) in [6, 6.07) is 4.30. The lowest BCUT2D eigenvalue weighted by Crippen LogP contribution is -2.63. The van der Waals surface area contributed by atoms with Gasteiger partial charge >= 0.3 is 0 Å². The van der Waals surface area contributed by atoms with Gasteiger partial charge in [-0.15, -0.1) is 5.10 Å². The van der Waals surface area contributed by atoms with E-state index in [1.165, 1.54) is 35.1 Å². The third-order valence-corrected chi connectivity index (χ3v) is 9.78. The van der Waals surface area contributed by atoms with Crippen LogP contribution < -0.4 is 16.4 Å². The van der Waals surface area contributed by atoms with E-state index in [1.54, 1.807) is 9.80 Å². The highest BCUT2D eigenvalue weighted by Gasteiger charge is 2.45. The van der Waals surface area contributed by atoms with Gasteiger partial charge in [-0.25, -0.2) is 9.07 Å². The molecule has 46 heavy (non-hydrogen) atoms. The smallest absolute Gasteiger partial charge is 0.253 e. The molecule has 5 saturated heterocycles. The van der Waals surface area contributed by atoms with E-state index in [0.717, 1.165) is 32.2 Å². The lowest BCUT2D eigenvalue weighted by Gasteiger charge is -2.45. The first kappa shape index (κ1) is 31.6. The molecule has 5 aliphatic heterocycles. The van der Waals surface area contributed by atoms with Crippen LogP contribution in [0, 0.1) is 5.82 Å². The molecule has 1 aromatic heterocycles. The average molecular weight is 638 g/mol. The second kappa shape index (κ2) is 13.1. The Hall–Kier alpha value is -4.40. The lowest BCUT2D eigenvalue weighted by atomic mass is 9.83. The minimum Gasteiger partial charge on any atom is -0.368 e. The molecule has 5 amide bonds. The fraction of sp³-hybridized carbons (Fsp3) is 0.581. The fourth-order valence-electron chi connectivity index (χ4n) is 7.38. The number of aromatic nitrogens is 3. The number of amides is 5. The maximum absolute atomic E-state index is 13.9. The Labute approximate surface area is 265 Å². The predicted octanol–water partition coefficient (Wildman–Crippen LogP) is -0.420. The molecule has 4 N–H and O–H groups in total. The van der Waals surface area contributed by atoms with Crippen molar-refractivity contribution in [3.8, 4) is 0 Å². The molecular weight excluding hydrogens is 597 g/mol. The topological polar surface area (TPSA) is 176 Å². The van der Waals surface area contributed by atoms with Gasteiger partial charge in [0.05, 0.1) is 17.3 Å². The molecule has 2 aromatic rings. The molecule has 5 fully saturated rings. The number of hydrogen-bond donors (Lipinski definition) is 3. The number of benzene rings is 1. The van der Waals surface area contributed by atoms with E-state index in [4.69, 9.17) is 5.73 Å². The molecule has 246 valence electrons. The number of nitrogens with zero attached hydrogens (tertiary/aromatic N) is 6. The zero-order valence-corrected chi connectivity index (χ0v) is 25.7. The van der Waals surface area contributed by atoms with Crippen LogP contribution in [-0.2, 0) is 32.1 Å². The first-order valence-corrected chi connectivity index (χ1v) is 16.0. The van der Waals surface area contributed by atoms with Gasteiger partial charge in [-0.2, -0.15) is 0 Å². The van der Waals surface area contributed by atoms with Gasteiger partial charge in [0.25, 0.3) is 5.91 Å². The van der Waals surface area contributed by atoms with Crippen LogP contribution in [0.15, 0.2) is 30.5 Å². The van der Waals surface area contributed by atoms with Gasteiger partial charge in [-0.05, 0) is 69.3 Å². The van der Waals surface area contributed by atoms with Crippen molar-refractivity contribution < 1.29 is 28.4 Å². The number of rotatable bonds is 5. The van der Waals surface area contributed by atoms with Crippen molar-refractivity contribution in [2.45, 2.75) is 81.6 Å². The number of fused-ring (bicyclic) bond motifs is 7. The standard InChI is InChI=1S/C31H40FN9O5/c32-21-5-3-20(4-6-21)29(45)39-14-9-31(10-15-39)17-27(43)34-24(16-22-18-40(37-36-22)19-26(33)42)30(46)38-12-7-23(8-13-38)41-11-1-2-25(41)28(44)35-31/h3-6,18,23-25H,1-2,7-17,19H2,(H2,33,42)(H,34,43)(H,35,44)/t24-,25+/m1/s1.